The number of rotatable bonds is 5. The molecule has 0 saturated heterocycles. The van der Waals surface area contributed by atoms with Crippen molar-refractivity contribution in [3.63, 3.8) is 0 Å². The largest absolute Gasteiger partial charge is 0.497 e. The van der Waals surface area contributed by atoms with Gasteiger partial charge in [0.05, 0.1) is 13.7 Å². The van der Waals surface area contributed by atoms with E-state index in [4.69, 9.17) is 9.39 Å². The van der Waals surface area contributed by atoms with Crippen molar-refractivity contribution in [3.05, 3.63) is 59.2 Å². The number of carbonyl (C=O) groups is 1. The molecule has 0 aromatic heterocycles. The molecule has 112 valence electrons. The van der Waals surface area contributed by atoms with Crippen molar-refractivity contribution in [3.8, 4) is 5.75 Å². The summed E-state index contributed by atoms with van der Waals surface area (Å²) in [4.78, 5) is 12.2. The van der Waals surface area contributed by atoms with E-state index in [9.17, 15) is 9.82 Å². The summed E-state index contributed by atoms with van der Waals surface area (Å²) in [5, 5.41) is 9.71. The van der Waals surface area contributed by atoms with Gasteiger partial charge in [-0.3, -0.25) is 4.79 Å². The van der Waals surface area contributed by atoms with Crippen LogP contribution >= 0.6 is 0 Å². The molecule has 1 heterocycles. The molecule has 0 aliphatic carbocycles. The lowest BCUT2D eigenvalue weighted by Gasteiger charge is -2.05. The van der Waals surface area contributed by atoms with E-state index in [-0.39, 0.29) is 5.78 Å². The fraction of sp³-hybridized carbons (Fsp3) is 0.235. The minimum atomic E-state index is -0.869. The van der Waals surface area contributed by atoms with E-state index < -0.39 is 7.12 Å². The summed E-state index contributed by atoms with van der Waals surface area (Å²) < 4.78 is 10.3. The average molecular weight is 296 g/mol. The second-order valence-electron chi connectivity index (χ2n) is 5.44. The van der Waals surface area contributed by atoms with Gasteiger partial charge >= 0.3 is 7.12 Å². The summed E-state index contributed by atoms with van der Waals surface area (Å²) >= 11 is 0. The third-order valence-electron chi connectivity index (χ3n) is 3.83. The normalized spacial score (nSPS) is 13.1. The fourth-order valence-corrected chi connectivity index (χ4v) is 2.64. The molecule has 3 rings (SSSR count). The Morgan fingerprint density at radius 2 is 1.86 bits per heavy atom. The molecule has 0 spiro atoms. The number of ether oxygens (including phenoxy) is 1. The van der Waals surface area contributed by atoms with E-state index in [1.165, 1.54) is 0 Å². The highest BCUT2D eigenvalue weighted by molar-refractivity contribution is 6.61. The molecular formula is C17H17BO4. The Morgan fingerprint density at radius 1 is 1.18 bits per heavy atom. The van der Waals surface area contributed by atoms with Gasteiger partial charge in [0.2, 0.25) is 0 Å². The number of ketones is 1. The molecule has 0 atom stereocenters. The van der Waals surface area contributed by atoms with Crippen molar-refractivity contribution in [1.29, 1.82) is 0 Å². The SMILES string of the molecule is COc1ccc(CC(=O)Cc2ccc3c(c2)B(O)OC3)cc1. The van der Waals surface area contributed by atoms with Gasteiger partial charge in [0.25, 0.3) is 0 Å². The Morgan fingerprint density at radius 3 is 2.59 bits per heavy atom. The first kappa shape index (κ1) is 14.8. The quantitative estimate of drug-likeness (QED) is 0.844. The van der Waals surface area contributed by atoms with Crippen molar-refractivity contribution in [2.75, 3.05) is 7.11 Å². The first-order valence-corrected chi connectivity index (χ1v) is 7.21. The number of methoxy groups -OCH3 is 1. The summed E-state index contributed by atoms with van der Waals surface area (Å²) in [6, 6.07) is 13.2. The van der Waals surface area contributed by atoms with Crippen LogP contribution in [0.5, 0.6) is 5.75 Å². The minimum Gasteiger partial charge on any atom is -0.497 e. The Hall–Kier alpha value is -2.11. The van der Waals surface area contributed by atoms with Crippen molar-refractivity contribution < 1.29 is 19.2 Å². The highest BCUT2D eigenvalue weighted by Gasteiger charge is 2.27. The first-order valence-electron chi connectivity index (χ1n) is 7.21. The van der Waals surface area contributed by atoms with Crippen LogP contribution < -0.4 is 10.2 Å². The number of benzene rings is 2. The monoisotopic (exact) mass is 296 g/mol. The third-order valence-corrected chi connectivity index (χ3v) is 3.83. The van der Waals surface area contributed by atoms with Gasteiger partial charge in [-0.2, -0.15) is 0 Å². The van der Waals surface area contributed by atoms with Crippen LogP contribution in [0.25, 0.3) is 0 Å². The molecule has 0 radical (unpaired) electrons. The number of carbonyl (C=O) groups excluding carboxylic acids is 1. The van der Waals surface area contributed by atoms with Crippen LogP contribution in [0.2, 0.25) is 0 Å². The van der Waals surface area contributed by atoms with Crippen molar-refractivity contribution >= 4 is 18.4 Å². The van der Waals surface area contributed by atoms with Crippen LogP contribution in [-0.4, -0.2) is 25.0 Å². The summed E-state index contributed by atoms with van der Waals surface area (Å²) in [7, 11) is 0.748. The molecule has 1 aliphatic rings. The highest BCUT2D eigenvalue weighted by Crippen LogP contribution is 2.14. The minimum absolute atomic E-state index is 0.138. The molecular weight excluding hydrogens is 279 g/mol. The highest BCUT2D eigenvalue weighted by atomic mass is 16.5. The summed E-state index contributed by atoms with van der Waals surface area (Å²) in [6.45, 7) is 0.427. The molecule has 2 aromatic carbocycles. The van der Waals surface area contributed by atoms with Gasteiger partial charge in [-0.15, -0.1) is 0 Å². The second-order valence-corrected chi connectivity index (χ2v) is 5.44. The molecule has 5 heteroatoms. The molecule has 0 unspecified atom stereocenters. The van der Waals surface area contributed by atoms with Gasteiger partial charge < -0.3 is 14.4 Å². The van der Waals surface area contributed by atoms with Crippen molar-refractivity contribution in [2.24, 2.45) is 0 Å². The van der Waals surface area contributed by atoms with Crippen LogP contribution in [0, 0.1) is 0 Å². The molecule has 0 fully saturated rings. The number of fused-ring (bicyclic) bond motifs is 1. The topological polar surface area (TPSA) is 55.8 Å². The fourth-order valence-electron chi connectivity index (χ4n) is 2.64. The Balaban J connectivity index is 1.65. The van der Waals surface area contributed by atoms with Crippen molar-refractivity contribution in [1.82, 2.24) is 0 Å². The van der Waals surface area contributed by atoms with Gasteiger partial charge in [0.15, 0.2) is 0 Å². The van der Waals surface area contributed by atoms with Gasteiger partial charge in [0.1, 0.15) is 11.5 Å². The van der Waals surface area contributed by atoms with Crippen molar-refractivity contribution in [2.45, 2.75) is 19.4 Å². The lowest BCUT2D eigenvalue weighted by Crippen LogP contribution is -2.28. The van der Waals surface area contributed by atoms with Crippen LogP contribution in [-0.2, 0) is 28.9 Å². The third kappa shape index (κ3) is 3.21. The zero-order valence-corrected chi connectivity index (χ0v) is 12.4. The standard InChI is InChI=1S/C17H17BO4/c1-21-16-6-3-12(4-7-16)8-15(19)9-13-2-5-14-11-22-18(20)17(14)10-13/h2-7,10,20H,8-9,11H2,1H3. The molecule has 1 N–H and O–H groups in total. The first-order chi connectivity index (χ1) is 10.7. The predicted octanol–water partition coefficient (Wildman–Crippen LogP) is 1.27. The van der Waals surface area contributed by atoms with Crippen LogP contribution in [0.15, 0.2) is 42.5 Å². The second kappa shape index (κ2) is 6.34. The van der Waals surface area contributed by atoms with Gasteiger partial charge in [0, 0.05) is 12.8 Å². The Bertz CT molecular complexity index is 682. The van der Waals surface area contributed by atoms with E-state index in [1.807, 2.05) is 42.5 Å². The summed E-state index contributed by atoms with van der Waals surface area (Å²) in [5.74, 6) is 0.919. The molecule has 0 bridgehead atoms. The molecule has 22 heavy (non-hydrogen) atoms. The smallest absolute Gasteiger partial charge is 0.491 e. The number of Topliss-reactive ketones (excluding diaryl/α,β-unsaturated/α-hetero) is 1. The van der Waals surface area contributed by atoms with Crippen LogP contribution in [0.4, 0.5) is 0 Å². The van der Waals surface area contributed by atoms with E-state index in [0.29, 0.717) is 19.4 Å². The van der Waals surface area contributed by atoms with Crippen LogP contribution in [0.3, 0.4) is 0 Å². The molecule has 0 amide bonds. The zero-order valence-electron chi connectivity index (χ0n) is 12.4. The van der Waals surface area contributed by atoms with Gasteiger partial charge in [-0.05, 0) is 34.3 Å². The number of hydrogen-bond acceptors (Lipinski definition) is 4. The van der Waals surface area contributed by atoms with E-state index >= 15 is 0 Å². The maximum Gasteiger partial charge on any atom is 0.491 e. The molecule has 0 saturated carbocycles. The maximum atomic E-state index is 12.2. The average Bonchev–Trinajstić information content (AvgIpc) is 2.89. The lowest BCUT2D eigenvalue weighted by molar-refractivity contribution is -0.117. The molecule has 4 nitrogen and oxygen atoms in total. The van der Waals surface area contributed by atoms with E-state index in [0.717, 1.165) is 27.9 Å². The van der Waals surface area contributed by atoms with E-state index in [1.54, 1.807) is 7.11 Å². The Labute approximate surface area is 129 Å². The predicted molar refractivity (Wildman–Crippen MR) is 84.2 cm³/mol. The van der Waals surface area contributed by atoms with E-state index in [2.05, 4.69) is 0 Å². The Kier molecular flexibility index (Phi) is 4.27. The van der Waals surface area contributed by atoms with Gasteiger partial charge in [-0.1, -0.05) is 30.3 Å². The zero-order chi connectivity index (χ0) is 15.5. The summed E-state index contributed by atoms with van der Waals surface area (Å²) in [5.41, 5.74) is 3.63. The summed E-state index contributed by atoms with van der Waals surface area (Å²) in [6.07, 6.45) is 0.742. The maximum absolute atomic E-state index is 12.2. The van der Waals surface area contributed by atoms with Gasteiger partial charge in [-0.25, -0.2) is 0 Å². The number of hydrogen-bond donors (Lipinski definition) is 1. The van der Waals surface area contributed by atoms with Crippen LogP contribution in [0.1, 0.15) is 16.7 Å². The molecule has 2 aromatic rings. The molecule has 1 aliphatic heterocycles. The lowest BCUT2D eigenvalue weighted by atomic mass is 9.78.